The second-order valence-corrected chi connectivity index (χ2v) is 4.33. The Morgan fingerprint density at radius 3 is 2.56 bits per heavy atom. The summed E-state index contributed by atoms with van der Waals surface area (Å²) in [5.41, 5.74) is -0.535. The third kappa shape index (κ3) is 3.16. The highest BCUT2D eigenvalue weighted by Crippen LogP contribution is 2.20. The van der Waals surface area contributed by atoms with Crippen LogP contribution < -0.4 is 5.32 Å². The quantitative estimate of drug-likeness (QED) is 0.615. The van der Waals surface area contributed by atoms with Gasteiger partial charge in [-0.05, 0) is 12.8 Å². The fourth-order valence-electron chi connectivity index (χ4n) is 1.21. The number of carboxylic acid groups (broad SMARTS) is 1. The molecule has 0 aromatic carbocycles. The van der Waals surface area contributed by atoms with E-state index >= 15 is 0 Å². The van der Waals surface area contributed by atoms with Gasteiger partial charge in [0.1, 0.15) is 17.6 Å². The molecule has 0 bridgehead atoms. The lowest BCUT2D eigenvalue weighted by molar-refractivity contribution is -0.385. The van der Waals surface area contributed by atoms with Gasteiger partial charge in [0.05, 0.1) is 4.92 Å². The molecule has 0 aliphatic rings. The Balaban J connectivity index is 3.12. The minimum atomic E-state index is -1.25. The van der Waals surface area contributed by atoms with E-state index in [0.29, 0.717) is 0 Å². The van der Waals surface area contributed by atoms with Crippen LogP contribution in [0.4, 0.5) is 11.5 Å². The first kappa shape index (κ1) is 13.9. The zero-order chi connectivity index (χ0) is 13.9. The van der Waals surface area contributed by atoms with Crippen molar-refractivity contribution in [2.24, 2.45) is 5.92 Å². The minimum Gasteiger partial charge on any atom is -0.478 e. The Morgan fingerprint density at radius 2 is 2.11 bits per heavy atom. The summed E-state index contributed by atoms with van der Waals surface area (Å²) in [6, 6.07) is 1.02. The molecular formula is C11H15N3O4. The van der Waals surface area contributed by atoms with E-state index in [1.54, 1.807) is 0 Å². The molecule has 2 N–H and O–H groups in total. The molecule has 0 spiro atoms. The summed E-state index contributed by atoms with van der Waals surface area (Å²) in [7, 11) is 0. The fraction of sp³-hybridized carbons (Fsp3) is 0.455. The second-order valence-electron chi connectivity index (χ2n) is 4.33. The van der Waals surface area contributed by atoms with E-state index in [0.717, 1.165) is 12.3 Å². The zero-order valence-corrected chi connectivity index (χ0v) is 10.4. The van der Waals surface area contributed by atoms with Crippen LogP contribution in [-0.2, 0) is 0 Å². The predicted octanol–water partition coefficient (Wildman–Crippen LogP) is 2.14. The van der Waals surface area contributed by atoms with Gasteiger partial charge in [0.2, 0.25) is 0 Å². The minimum absolute atomic E-state index is 0.0112. The molecule has 1 heterocycles. The summed E-state index contributed by atoms with van der Waals surface area (Å²) in [5.74, 6) is -0.817. The molecular weight excluding hydrogens is 238 g/mol. The molecule has 0 aliphatic heterocycles. The maximum absolute atomic E-state index is 11.0. The Kier molecular flexibility index (Phi) is 4.19. The Bertz CT molecular complexity index is 473. The zero-order valence-electron chi connectivity index (χ0n) is 10.4. The largest absolute Gasteiger partial charge is 0.478 e. The van der Waals surface area contributed by atoms with Crippen molar-refractivity contribution >= 4 is 17.5 Å². The van der Waals surface area contributed by atoms with Crippen LogP contribution >= 0.6 is 0 Å². The van der Waals surface area contributed by atoms with Crippen LogP contribution in [0, 0.1) is 16.0 Å². The summed E-state index contributed by atoms with van der Waals surface area (Å²) in [6.45, 7) is 5.84. The number of hydrogen-bond donors (Lipinski definition) is 2. The summed E-state index contributed by atoms with van der Waals surface area (Å²) >= 11 is 0. The molecule has 7 nitrogen and oxygen atoms in total. The van der Waals surface area contributed by atoms with E-state index < -0.39 is 10.9 Å². The number of nitro groups is 1. The van der Waals surface area contributed by atoms with Crippen molar-refractivity contribution in [2.75, 3.05) is 5.32 Å². The van der Waals surface area contributed by atoms with Crippen LogP contribution in [0.1, 0.15) is 31.1 Å². The fourth-order valence-corrected chi connectivity index (χ4v) is 1.21. The average Bonchev–Trinajstić information content (AvgIpc) is 2.28. The average molecular weight is 253 g/mol. The molecule has 7 heteroatoms. The summed E-state index contributed by atoms with van der Waals surface area (Å²) in [5, 5.41) is 22.5. The molecule has 1 atom stereocenters. The SMILES string of the molecule is CC(C)C(C)Nc1ncc([N+](=O)[O-])cc1C(=O)O. The number of aromatic nitrogens is 1. The first-order valence-electron chi connectivity index (χ1n) is 5.47. The van der Waals surface area contributed by atoms with Gasteiger partial charge in [0.15, 0.2) is 0 Å². The van der Waals surface area contributed by atoms with Gasteiger partial charge in [0, 0.05) is 12.1 Å². The third-order valence-corrected chi connectivity index (χ3v) is 2.68. The molecule has 98 valence electrons. The highest BCUT2D eigenvalue weighted by molar-refractivity contribution is 5.93. The number of pyridine rings is 1. The van der Waals surface area contributed by atoms with Crippen molar-refractivity contribution in [3.63, 3.8) is 0 Å². The van der Waals surface area contributed by atoms with E-state index in [1.807, 2.05) is 20.8 Å². The van der Waals surface area contributed by atoms with Gasteiger partial charge >= 0.3 is 5.97 Å². The molecule has 1 aromatic heterocycles. The van der Waals surface area contributed by atoms with E-state index in [4.69, 9.17) is 5.11 Å². The van der Waals surface area contributed by atoms with Crippen LogP contribution in [0.25, 0.3) is 0 Å². The number of rotatable bonds is 5. The normalized spacial score (nSPS) is 12.2. The lowest BCUT2D eigenvalue weighted by Gasteiger charge is -2.18. The van der Waals surface area contributed by atoms with Gasteiger partial charge in [-0.25, -0.2) is 9.78 Å². The molecule has 18 heavy (non-hydrogen) atoms. The highest BCUT2D eigenvalue weighted by atomic mass is 16.6. The van der Waals surface area contributed by atoms with Gasteiger partial charge in [0.25, 0.3) is 5.69 Å². The van der Waals surface area contributed by atoms with Crippen LogP contribution in [0.5, 0.6) is 0 Å². The molecule has 0 fully saturated rings. The van der Waals surface area contributed by atoms with Gasteiger partial charge in [-0.2, -0.15) is 0 Å². The molecule has 1 unspecified atom stereocenters. The Labute approximate surface area is 104 Å². The first-order valence-corrected chi connectivity index (χ1v) is 5.47. The van der Waals surface area contributed by atoms with Crippen LogP contribution in [-0.4, -0.2) is 27.0 Å². The number of hydrogen-bond acceptors (Lipinski definition) is 5. The smallest absolute Gasteiger partial charge is 0.339 e. The summed E-state index contributed by atoms with van der Waals surface area (Å²) < 4.78 is 0. The van der Waals surface area contributed by atoms with Crippen molar-refractivity contribution < 1.29 is 14.8 Å². The topological polar surface area (TPSA) is 105 Å². The summed E-state index contributed by atoms with van der Waals surface area (Å²) in [6.07, 6.45) is 1.04. The molecule has 0 saturated carbocycles. The Morgan fingerprint density at radius 1 is 1.50 bits per heavy atom. The lowest BCUT2D eigenvalue weighted by atomic mass is 10.1. The number of nitrogens with zero attached hydrogens (tertiary/aromatic N) is 2. The molecule has 0 aliphatic carbocycles. The van der Waals surface area contributed by atoms with Gasteiger partial charge in [-0.1, -0.05) is 13.8 Å². The highest BCUT2D eigenvalue weighted by Gasteiger charge is 2.19. The predicted molar refractivity (Wildman–Crippen MR) is 65.8 cm³/mol. The first-order chi connectivity index (χ1) is 8.32. The maximum Gasteiger partial charge on any atom is 0.339 e. The van der Waals surface area contributed by atoms with E-state index in [9.17, 15) is 14.9 Å². The van der Waals surface area contributed by atoms with Gasteiger partial charge in [-0.3, -0.25) is 10.1 Å². The molecule has 0 saturated heterocycles. The maximum atomic E-state index is 11.0. The van der Waals surface area contributed by atoms with Crippen molar-refractivity contribution in [1.82, 2.24) is 4.98 Å². The van der Waals surface area contributed by atoms with E-state index in [2.05, 4.69) is 10.3 Å². The van der Waals surface area contributed by atoms with Crippen molar-refractivity contribution in [3.8, 4) is 0 Å². The second kappa shape index (κ2) is 5.44. The number of nitrogens with one attached hydrogen (secondary N) is 1. The van der Waals surface area contributed by atoms with E-state index in [-0.39, 0.29) is 29.0 Å². The molecule has 1 aromatic rings. The number of aromatic carboxylic acids is 1. The number of carbonyl (C=O) groups is 1. The lowest BCUT2D eigenvalue weighted by Crippen LogP contribution is -2.23. The Hall–Kier alpha value is -2.18. The third-order valence-electron chi connectivity index (χ3n) is 2.68. The number of carboxylic acids is 1. The van der Waals surface area contributed by atoms with E-state index in [1.165, 1.54) is 0 Å². The summed E-state index contributed by atoms with van der Waals surface area (Å²) in [4.78, 5) is 24.8. The van der Waals surface area contributed by atoms with Crippen molar-refractivity contribution in [3.05, 3.63) is 27.9 Å². The van der Waals surface area contributed by atoms with Crippen LogP contribution in [0.3, 0.4) is 0 Å². The van der Waals surface area contributed by atoms with Crippen LogP contribution in [0.15, 0.2) is 12.3 Å². The van der Waals surface area contributed by atoms with Crippen molar-refractivity contribution in [2.45, 2.75) is 26.8 Å². The number of anilines is 1. The monoisotopic (exact) mass is 253 g/mol. The molecule has 1 rings (SSSR count). The molecule has 0 radical (unpaired) electrons. The standard InChI is InChI=1S/C11H15N3O4/c1-6(2)7(3)13-10-9(11(15)16)4-8(5-12-10)14(17)18/h4-7H,1-3H3,(H,12,13)(H,15,16). The van der Waals surface area contributed by atoms with Gasteiger partial charge < -0.3 is 10.4 Å². The van der Waals surface area contributed by atoms with Crippen LogP contribution in [0.2, 0.25) is 0 Å². The van der Waals surface area contributed by atoms with Gasteiger partial charge in [-0.15, -0.1) is 0 Å². The molecule has 0 amide bonds. The van der Waals surface area contributed by atoms with Crippen molar-refractivity contribution in [1.29, 1.82) is 0 Å².